The summed E-state index contributed by atoms with van der Waals surface area (Å²) in [5, 5.41) is 87.1. The highest BCUT2D eigenvalue weighted by Gasteiger charge is 2.37. The maximum Gasteiger partial charge on any atom is 0.417 e. The predicted molar refractivity (Wildman–Crippen MR) is 138 cm³/mol. The van der Waals surface area contributed by atoms with Crippen molar-refractivity contribution in [2.75, 3.05) is 0 Å². The number of hydrogen-bond donors (Lipinski definition) is 0. The largest absolute Gasteiger partial charge is 0.417 e. The van der Waals surface area contributed by atoms with Gasteiger partial charge in [0.1, 0.15) is 48.6 Å². The van der Waals surface area contributed by atoms with Crippen LogP contribution in [0.5, 0.6) is 0 Å². The van der Waals surface area contributed by atoms with Crippen LogP contribution < -0.4 is 10.4 Å². The topological polar surface area (TPSA) is 214 Å². The first-order valence-corrected chi connectivity index (χ1v) is 11.8. The van der Waals surface area contributed by atoms with Crippen molar-refractivity contribution in [1.29, 1.82) is 47.4 Å². The smallest absolute Gasteiger partial charge is 0.192 e. The molecule has 9 nitrogen and oxygen atoms in total. The normalized spacial score (nSPS) is 11.8. The summed E-state index contributed by atoms with van der Waals surface area (Å²) >= 11 is 0. The molecule has 0 aliphatic heterocycles. The molecule has 3 aromatic rings. The summed E-state index contributed by atoms with van der Waals surface area (Å²) < 4.78 is 81.1. The van der Waals surface area contributed by atoms with Crippen molar-refractivity contribution in [2.24, 2.45) is 0 Å². The molecular weight excluding hydrogens is 612 g/mol. The van der Waals surface area contributed by atoms with Crippen molar-refractivity contribution in [3.05, 3.63) is 102 Å². The molecule has 0 atom stereocenters. The Balaban J connectivity index is 2.73. The second-order valence-electron chi connectivity index (χ2n) is 8.67. The standard InChI is InChI=1S/C31H5F6N9/c32-30(33,34)27-3-1-16(20(8-40)23(27)11-43)19(7-39)18-5-15(6-38)29(26(14-46)22(18)10-42)25(13-45)17-2-4-28(31(35,36)37)24(12-44)21(17)9-41/h1-5H/b19-18-,29-25+. The zero-order chi connectivity index (χ0) is 34.6. The van der Waals surface area contributed by atoms with Crippen molar-refractivity contribution in [1.82, 2.24) is 0 Å². The molecule has 0 heterocycles. The first-order chi connectivity index (χ1) is 21.7. The molecule has 15 heteroatoms. The second-order valence-corrected chi connectivity index (χ2v) is 8.67. The lowest BCUT2D eigenvalue weighted by Crippen LogP contribution is -2.27. The van der Waals surface area contributed by atoms with Crippen molar-refractivity contribution < 1.29 is 26.3 Å². The molecule has 3 rings (SSSR count). The van der Waals surface area contributed by atoms with Gasteiger partial charge >= 0.3 is 12.4 Å². The van der Waals surface area contributed by atoms with Crippen LogP contribution >= 0.6 is 0 Å². The van der Waals surface area contributed by atoms with Gasteiger partial charge in [-0.3, -0.25) is 0 Å². The third-order valence-corrected chi connectivity index (χ3v) is 6.42. The molecule has 0 radical (unpaired) electrons. The Labute approximate surface area is 253 Å². The maximum absolute atomic E-state index is 13.5. The highest BCUT2D eigenvalue weighted by molar-refractivity contribution is 5.86. The van der Waals surface area contributed by atoms with E-state index < -0.39 is 95.1 Å². The Bertz CT molecular complexity index is 2390. The number of halogens is 6. The number of benzene rings is 3. The van der Waals surface area contributed by atoms with E-state index in [0.717, 1.165) is 6.07 Å². The van der Waals surface area contributed by atoms with Crippen molar-refractivity contribution in [2.45, 2.75) is 12.4 Å². The molecule has 0 aromatic heterocycles. The van der Waals surface area contributed by atoms with Gasteiger partial charge in [-0.2, -0.15) is 73.7 Å². The fourth-order valence-electron chi connectivity index (χ4n) is 4.53. The predicted octanol–water partition coefficient (Wildman–Crippen LogP) is 4.27. The van der Waals surface area contributed by atoms with Crippen LogP contribution in [0.1, 0.15) is 61.2 Å². The zero-order valence-corrected chi connectivity index (χ0v) is 22.2. The molecule has 0 fully saturated rings. The van der Waals surface area contributed by atoms with Gasteiger partial charge in [-0.25, -0.2) is 0 Å². The van der Waals surface area contributed by atoms with Crippen molar-refractivity contribution in [3.8, 4) is 54.6 Å². The fourth-order valence-corrected chi connectivity index (χ4v) is 4.53. The Morgan fingerprint density at radius 2 is 0.848 bits per heavy atom. The van der Waals surface area contributed by atoms with Crippen LogP contribution in [0.4, 0.5) is 26.3 Å². The molecule has 0 saturated heterocycles. The van der Waals surface area contributed by atoms with E-state index in [2.05, 4.69) is 0 Å². The Morgan fingerprint density at radius 1 is 0.457 bits per heavy atom. The molecule has 0 amide bonds. The molecule has 46 heavy (non-hydrogen) atoms. The maximum atomic E-state index is 13.5. The van der Waals surface area contributed by atoms with Gasteiger partial charge in [-0.1, -0.05) is 12.1 Å². The van der Waals surface area contributed by atoms with Crippen LogP contribution in [0.15, 0.2) is 30.3 Å². The van der Waals surface area contributed by atoms with E-state index in [4.69, 9.17) is 0 Å². The number of nitriles is 9. The summed E-state index contributed by atoms with van der Waals surface area (Å²) in [5.74, 6) is 0. The van der Waals surface area contributed by atoms with Gasteiger partial charge in [-0.15, -0.1) is 0 Å². The van der Waals surface area contributed by atoms with Crippen LogP contribution in [0.2, 0.25) is 0 Å². The lowest BCUT2D eigenvalue weighted by Gasteiger charge is -2.14. The quantitative estimate of drug-likeness (QED) is 0.375. The third-order valence-electron chi connectivity index (χ3n) is 6.42. The van der Waals surface area contributed by atoms with Gasteiger partial charge in [-0.05, 0) is 18.2 Å². The molecule has 0 unspecified atom stereocenters. The summed E-state index contributed by atoms with van der Waals surface area (Å²) in [4.78, 5) is 0. The van der Waals surface area contributed by atoms with E-state index >= 15 is 0 Å². The molecule has 3 aromatic carbocycles. The van der Waals surface area contributed by atoms with E-state index in [9.17, 15) is 73.7 Å². The molecule has 216 valence electrons. The summed E-state index contributed by atoms with van der Waals surface area (Å²) in [7, 11) is 0. The lowest BCUT2D eigenvalue weighted by atomic mass is 9.87. The highest BCUT2D eigenvalue weighted by Crippen LogP contribution is 2.36. The summed E-state index contributed by atoms with van der Waals surface area (Å²) in [6.07, 6.45) is -10.2. The van der Waals surface area contributed by atoms with Gasteiger partial charge in [0.25, 0.3) is 0 Å². The van der Waals surface area contributed by atoms with Gasteiger partial charge in [0.2, 0.25) is 0 Å². The van der Waals surface area contributed by atoms with E-state index in [1.807, 2.05) is 0 Å². The molecule has 0 aliphatic rings. The SMILES string of the molecule is N#C/C(c1ccc(C(F)(F)F)c(C#N)c1C#N)=c1/c(C#N)c/c(=C(\C#N)c2ccc(C(F)(F)F)c(C#N)c2C#N)c(C#N)c1C#N. The molecule has 0 saturated carbocycles. The molecule has 0 N–H and O–H groups in total. The highest BCUT2D eigenvalue weighted by atomic mass is 19.4. The fraction of sp³-hybridized carbons (Fsp3) is 0.0645. The van der Waals surface area contributed by atoms with Crippen molar-refractivity contribution >= 4 is 11.1 Å². The Hall–Kier alpha value is -7.61. The van der Waals surface area contributed by atoms with E-state index in [-0.39, 0.29) is 0 Å². The number of hydrogen-bond acceptors (Lipinski definition) is 9. The summed E-state index contributed by atoms with van der Waals surface area (Å²) in [5.41, 5.74) is -12.1. The first-order valence-electron chi connectivity index (χ1n) is 11.8. The van der Waals surface area contributed by atoms with E-state index in [1.165, 1.54) is 24.3 Å². The Kier molecular flexibility index (Phi) is 8.81. The van der Waals surface area contributed by atoms with Gasteiger partial charge in [0.15, 0.2) is 0 Å². The third kappa shape index (κ3) is 5.34. The van der Waals surface area contributed by atoms with Crippen LogP contribution in [-0.2, 0) is 12.4 Å². The molecule has 0 aliphatic carbocycles. The summed E-state index contributed by atoms with van der Waals surface area (Å²) in [6, 6.07) is 16.1. The summed E-state index contributed by atoms with van der Waals surface area (Å²) in [6.45, 7) is 0. The van der Waals surface area contributed by atoms with Crippen LogP contribution in [0.25, 0.3) is 11.1 Å². The van der Waals surface area contributed by atoms with Gasteiger partial charge in [0, 0.05) is 21.6 Å². The van der Waals surface area contributed by atoms with Crippen molar-refractivity contribution in [3.63, 3.8) is 0 Å². The molecular formula is C31H5F6N9. The average Bonchev–Trinajstić information content (AvgIpc) is 3.03. The van der Waals surface area contributed by atoms with Gasteiger partial charge in [0.05, 0.1) is 67.3 Å². The minimum Gasteiger partial charge on any atom is -0.192 e. The monoisotopic (exact) mass is 617 g/mol. The average molecular weight is 617 g/mol. The minimum absolute atomic E-state index is 0.395. The first kappa shape index (κ1) is 32.9. The minimum atomic E-state index is -5.09. The number of nitrogens with zero attached hydrogens (tertiary/aromatic N) is 9. The van der Waals surface area contributed by atoms with Crippen LogP contribution in [0, 0.1) is 102 Å². The second kappa shape index (κ2) is 12.3. The van der Waals surface area contributed by atoms with Gasteiger partial charge < -0.3 is 0 Å². The Morgan fingerprint density at radius 3 is 1.17 bits per heavy atom. The zero-order valence-electron chi connectivity index (χ0n) is 22.2. The lowest BCUT2D eigenvalue weighted by molar-refractivity contribution is -0.138. The molecule has 0 spiro atoms. The number of rotatable bonds is 2. The number of alkyl halides is 6. The molecule has 0 bridgehead atoms. The van der Waals surface area contributed by atoms with Crippen LogP contribution in [-0.4, -0.2) is 0 Å². The van der Waals surface area contributed by atoms with Crippen LogP contribution in [0.3, 0.4) is 0 Å². The van der Waals surface area contributed by atoms with E-state index in [0.29, 0.717) is 24.3 Å². The van der Waals surface area contributed by atoms with E-state index in [1.54, 1.807) is 30.3 Å².